The van der Waals surface area contributed by atoms with Crippen LogP contribution in [0.4, 0.5) is 5.69 Å². The molecule has 0 aromatic heterocycles. The summed E-state index contributed by atoms with van der Waals surface area (Å²) in [7, 11) is 1.68. The smallest absolute Gasteiger partial charge is 0.0701 e. The van der Waals surface area contributed by atoms with Crippen LogP contribution < -0.4 is 5.32 Å². The monoisotopic (exact) mass is 223 g/mol. The van der Waals surface area contributed by atoms with Crippen LogP contribution in [-0.4, -0.2) is 33.5 Å². The van der Waals surface area contributed by atoms with E-state index in [1.165, 1.54) is 11.1 Å². The standard InChI is InChI=1S/C13H21NO2/c1-11-8-12(2)10-13(9-11)14-4-5-16-7-6-15-3/h8-10,14H,4-7H2,1-3H3. The van der Waals surface area contributed by atoms with Crippen molar-refractivity contribution in [2.24, 2.45) is 0 Å². The predicted octanol–water partition coefficient (Wildman–Crippen LogP) is 2.38. The predicted molar refractivity (Wildman–Crippen MR) is 67.1 cm³/mol. The van der Waals surface area contributed by atoms with Gasteiger partial charge in [0.15, 0.2) is 0 Å². The number of benzene rings is 1. The summed E-state index contributed by atoms with van der Waals surface area (Å²) < 4.78 is 10.3. The molecule has 0 aliphatic heterocycles. The molecule has 0 saturated carbocycles. The highest BCUT2D eigenvalue weighted by atomic mass is 16.5. The average molecular weight is 223 g/mol. The first-order valence-electron chi connectivity index (χ1n) is 5.61. The first-order chi connectivity index (χ1) is 7.72. The molecule has 1 N–H and O–H groups in total. The van der Waals surface area contributed by atoms with Crippen molar-refractivity contribution in [1.29, 1.82) is 0 Å². The number of ether oxygens (including phenoxy) is 2. The van der Waals surface area contributed by atoms with Gasteiger partial charge < -0.3 is 14.8 Å². The van der Waals surface area contributed by atoms with Crippen LogP contribution in [0.15, 0.2) is 18.2 Å². The maximum atomic E-state index is 5.37. The summed E-state index contributed by atoms with van der Waals surface area (Å²) in [5, 5.41) is 3.34. The Balaban J connectivity index is 2.21. The molecule has 0 radical (unpaired) electrons. The lowest BCUT2D eigenvalue weighted by atomic mass is 10.1. The minimum Gasteiger partial charge on any atom is -0.383 e. The number of nitrogens with one attached hydrogen (secondary N) is 1. The molecule has 0 unspecified atom stereocenters. The van der Waals surface area contributed by atoms with E-state index in [2.05, 4.69) is 37.4 Å². The number of hydrogen-bond donors (Lipinski definition) is 1. The van der Waals surface area contributed by atoms with Crippen molar-refractivity contribution in [3.8, 4) is 0 Å². The fourth-order valence-corrected chi connectivity index (χ4v) is 1.59. The highest BCUT2D eigenvalue weighted by Gasteiger charge is 1.95. The van der Waals surface area contributed by atoms with Crippen LogP contribution in [0, 0.1) is 13.8 Å². The topological polar surface area (TPSA) is 30.5 Å². The Labute approximate surface area is 97.8 Å². The van der Waals surface area contributed by atoms with Gasteiger partial charge in [-0.3, -0.25) is 0 Å². The van der Waals surface area contributed by atoms with Gasteiger partial charge in [-0.15, -0.1) is 0 Å². The van der Waals surface area contributed by atoms with Crippen molar-refractivity contribution in [1.82, 2.24) is 0 Å². The van der Waals surface area contributed by atoms with Crippen LogP contribution in [-0.2, 0) is 9.47 Å². The summed E-state index contributed by atoms with van der Waals surface area (Å²) in [6.07, 6.45) is 0. The van der Waals surface area contributed by atoms with Gasteiger partial charge in [0.05, 0.1) is 19.8 Å². The van der Waals surface area contributed by atoms with Gasteiger partial charge in [-0.2, -0.15) is 0 Å². The van der Waals surface area contributed by atoms with E-state index in [1.807, 2.05) is 0 Å². The third-order valence-corrected chi connectivity index (χ3v) is 2.23. The second-order valence-electron chi connectivity index (χ2n) is 3.91. The second-order valence-corrected chi connectivity index (χ2v) is 3.91. The Morgan fingerprint density at radius 3 is 2.31 bits per heavy atom. The Bertz CT molecular complexity index is 293. The number of anilines is 1. The molecule has 0 saturated heterocycles. The van der Waals surface area contributed by atoms with Crippen molar-refractivity contribution >= 4 is 5.69 Å². The molecule has 1 aromatic carbocycles. The zero-order valence-electron chi connectivity index (χ0n) is 10.4. The van der Waals surface area contributed by atoms with E-state index >= 15 is 0 Å². The Morgan fingerprint density at radius 1 is 1.00 bits per heavy atom. The van der Waals surface area contributed by atoms with Gasteiger partial charge in [-0.05, 0) is 37.1 Å². The van der Waals surface area contributed by atoms with Crippen molar-refractivity contribution in [3.63, 3.8) is 0 Å². The maximum Gasteiger partial charge on any atom is 0.0701 e. The van der Waals surface area contributed by atoms with Gasteiger partial charge in [0, 0.05) is 19.3 Å². The highest BCUT2D eigenvalue weighted by Crippen LogP contribution is 2.13. The van der Waals surface area contributed by atoms with Gasteiger partial charge in [0.2, 0.25) is 0 Å². The molecule has 0 fully saturated rings. The van der Waals surface area contributed by atoms with Crippen LogP contribution in [0.3, 0.4) is 0 Å². The van der Waals surface area contributed by atoms with E-state index in [-0.39, 0.29) is 0 Å². The van der Waals surface area contributed by atoms with E-state index in [9.17, 15) is 0 Å². The zero-order chi connectivity index (χ0) is 11.8. The van der Waals surface area contributed by atoms with Crippen LogP contribution in [0.1, 0.15) is 11.1 Å². The summed E-state index contributed by atoms with van der Waals surface area (Å²) in [4.78, 5) is 0. The van der Waals surface area contributed by atoms with Crippen molar-refractivity contribution in [3.05, 3.63) is 29.3 Å². The fraction of sp³-hybridized carbons (Fsp3) is 0.538. The quantitative estimate of drug-likeness (QED) is 0.720. The van der Waals surface area contributed by atoms with Crippen LogP contribution in [0.5, 0.6) is 0 Å². The molecular weight excluding hydrogens is 202 g/mol. The molecule has 0 amide bonds. The molecule has 3 heteroatoms. The van der Waals surface area contributed by atoms with E-state index in [0.29, 0.717) is 19.8 Å². The maximum absolute atomic E-state index is 5.37. The van der Waals surface area contributed by atoms with Crippen molar-refractivity contribution < 1.29 is 9.47 Å². The van der Waals surface area contributed by atoms with Gasteiger partial charge >= 0.3 is 0 Å². The molecule has 0 spiro atoms. The zero-order valence-corrected chi connectivity index (χ0v) is 10.4. The Kier molecular flexibility index (Phi) is 5.90. The minimum atomic E-state index is 0.656. The molecule has 0 aliphatic rings. The minimum absolute atomic E-state index is 0.656. The third-order valence-electron chi connectivity index (χ3n) is 2.23. The summed E-state index contributed by atoms with van der Waals surface area (Å²) in [6, 6.07) is 6.45. The summed E-state index contributed by atoms with van der Waals surface area (Å²) in [6.45, 7) is 7.05. The lowest BCUT2D eigenvalue weighted by molar-refractivity contribution is 0.0759. The summed E-state index contributed by atoms with van der Waals surface area (Å²) in [5.41, 5.74) is 3.72. The Hall–Kier alpha value is -1.06. The molecule has 1 aromatic rings. The number of aryl methyl sites for hydroxylation is 2. The normalized spacial score (nSPS) is 10.4. The molecule has 0 aliphatic carbocycles. The molecule has 3 nitrogen and oxygen atoms in total. The largest absolute Gasteiger partial charge is 0.383 e. The number of methoxy groups -OCH3 is 1. The molecule has 16 heavy (non-hydrogen) atoms. The molecule has 0 atom stereocenters. The lowest BCUT2D eigenvalue weighted by Crippen LogP contribution is -2.12. The summed E-state index contributed by atoms with van der Waals surface area (Å²) >= 11 is 0. The van der Waals surface area contributed by atoms with Gasteiger partial charge in [-0.25, -0.2) is 0 Å². The van der Waals surface area contributed by atoms with Crippen LogP contribution in [0.25, 0.3) is 0 Å². The summed E-state index contributed by atoms with van der Waals surface area (Å²) in [5.74, 6) is 0. The fourth-order valence-electron chi connectivity index (χ4n) is 1.59. The lowest BCUT2D eigenvalue weighted by Gasteiger charge is -2.09. The number of rotatable bonds is 7. The molecule has 1 rings (SSSR count). The van der Waals surface area contributed by atoms with Crippen LogP contribution in [0.2, 0.25) is 0 Å². The van der Waals surface area contributed by atoms with E-state index in [1.54, 1.807) is 7.11 Å². The molecular formula is C13H21NO2. The molecule has 0 heterocycles. The van der Waals surface area contributed by atoms with E-state index in [4.69, 9.17) is 9.47 Å². The number of hydrogen-bond acceptors (Lipinski definition) is 3. The first kappa shape index (κ1) is 13.0. The van der Waals surface area contributed by atoms with Crippen molar-refractivity contribution in [2.75, 3.05) is 38.8 Å². The molecule has 90 valence electrons. The highest BCUT2D eigenvalue weighted by molar-refractivity contribution is 5.48. The van der Waals surface area contributed by atoms with Gasteiger partial charge in [0.25, 0.3) is 0 Å². The van der Waals surface area contributed by atoms with E-state index < -0.39 is 0 Å². The second kappa shape index (κ2) is 7.25. The van der Waals surface area contributed by atoms with Gasteiger partial charge in [0.1, 0.15) is 0 Å². The SMILES string of the molecule is COCCOCCNc1cc(C)cc(C)c1. The average Bonchev–Trinajstić information content (AvgIpc) is 2.22. The molecule has 0 bridgehead atoms. The Morgan fingerprint density at radius 2 is 1.69 bits per heavy atom. The first-order valence-corrected chi connectivity index (χ1v) is 5.61. The van der Waals surface area contributed by atoms with Crippen molar-refractivity contribution in [2.45, 2.75) is 13.8 Å². The van der Waals surface area contributed by atoms with E-state index in [0.717, 1.165) is 12.2 Å². The third kappa shape index (κ3) is 5.14. The van der Waals surface area contributed by atoms with Crippen LogP contribution >= 0.6 is 0 Å². The van der Waals surface area contributed by atoms with Gasteiger partial charge in [-0.1, -0.05) is 6.07 Å².